The second kappa shape index (κ2) is 6.68. The zero-order valence-corrected chi connectivity index (χ0v) is 12.5. The van der Waals surface area contributed by atoms with Gasteiger partial charge in [-0.3, -0.25) is 0 Å². The molecule has 5 nitrogen and oxygen atoms in total. The second-order valence-electron chi connectivity index (χ2n) is 3.52. The number of rotatable bonds is 5. The maximum atomic E-state index is 5.76. The Kier molecular flexibility index (Phi) is 4.93. The molecule has 0 saturated heterocycles. The average Bonchev–Trinajstić information content (AvgIpc) is 2.36. The lowest BCUT2D eigenvalue weighted by Gasteiger charge is -2.06. The van der Waals surface area contributed by atoms with Crippen molar-refractivity contribution in [2.45, 2.75) is 13.5 Å². The van der Waals surface area contributed by atoms with Crippen LogP contribution in [0.2, 0.25) is 5.28 Å². The minimum Gasteiger partial charge on any atom is -0.464 e. The van der Waals surface area contributed by atoms with Crippen LogP contribution in [0.3, 0.4) is 0 Å². The summed E-state index contributed by atoms with van der Waals surface area (Å²) in [6.07, 6.45) is 0. The van der Waals surface area contributed by atoms with Crippen molar-refractivity contribution in [1.29, 1.82) is 0 Å². The highest BCUT2D eigenvalue weighted by atomic mass is 79.9. The van der Waals surface area contributed by atoms with Crippen LogP contribution in [-0.2, 0) is 6.61 Å². The predicted octanol–water partition coefficient (Wildman–Crippen LogP) is 3.27. The molecule has 0 aliphatic rings. The first-order valence-corrected chi connectivity index (χ1v) is 6.76. The Labute approximate surface area is 124 Å². The molecular formula is C12H11BrClN3O2. The fraction of sp³-hybridized carbons (Fsp3) is 0.250. The van der Waals surface area contributed by atoms with E-state index in [2.05, 4.69) is 30.9 Å². The molecule has 0 saturated carbocycles. The molecule has 0 amide bonds. The summed E-state index contributed by atoms with van der Waals surface area (Å²) in [5, 5.41) is 0.0442. The average molecular weight is 345 g/mol. The maximum absolute atomic E-state index is 5.76. The van der Waals surface area contributed by atoms with Gasteiger partial charge in [0.2, 0.25) is 5.28 Å². The minimum atomic E-state index is 0.0442. The first-order valence-electron chi connectivity index (χ1n) is 5.59. The Morgan fingerprint density at radius 2 is 1.89 bits per heavy atom. The molecule has 0 atom stereocenters. The molecule has 1 heterocycles. The van der Waals surface area contributed by atoms with Crippen LogP contribution in [0.1, 0.15) is 12.5 Å². The largest absolute Gasteiger partial charge is 0.464 e. The van der Waals surface area contributed by atoms with Gasteiger partial charge >= 0.3 is 12.0 Å². The molecular weight excluding hydrogens is 334 g/mol. The van der Waals surface area contributed by atoms with Gasteiger partial charge in [0.25, 0.3) is 0 Å². The molecule has 0 bridgehead atoms. The molecule has 0 fully saturated rings. The van der Waals surface area contributed by atoms with E-state index in [0.717, 1.165) is 10.0 Å². The fourth-order valence-corrected chi connectivity index (χ4v) is 1.94. The van der Waals surface area contributed by atoms with Crippen molar-refractivity contribution in [1.82, 2.24) is 15.0 Å². The Morgan fingerprint density at radius 1 is 1.16 bits per heavy atom. The molecule has 2 aromatic rings. The van der Waals surface area contributed by atoms with Crippen LogP contribution in [0.25, 0.3) is 0 Å². The van der Waals surface area contributed by atoms with Gasteiger partial charge in [-0.15, -0.1) is 4.98 Å². The third kappa shape index (κ3) is 4.33. The summed E-state index contributed by atoms with van der Waals surface area (Å²) in [5.41, 5.74) is 0.990. The van der Waals surface area contributed by atoms with Crippen molar-refractivity contribution < 1.29 is 9.47 Å². The lowest BCUT2D eigenvalue weighted by Crippen LogP contribution is -2.04. The summed E-state index contributed by atoms with van der Waals surface area (Å²) < 4.78 is 11.6. The molecule has 0 radical (unpaired) electrons. The van der Waals surface area contributed by atoms with Gasteiger partial charge in [0.05, 0.1) is 6.61 Å². The maximum Gasteiger partial charge on any atom is 0.324 e. The second-order valence-corrected chi connectivity index (χ2v) is 4.77. The Bertz CT molecular complexity index is 568. The highest BCUT2D eigenvalue weighted by Crippen LogP contribution is 2.16. The van der Waals surface area contributed by atoms with E-state index in [9.17, 15) is 0 Å². The minimum absolute atomic E-state index is 0.0442. The summed E-state index contributed by atoms with van der Waals surface area (Å²) in [6, 6.07) is 8.06. The van der Waals surface area contributed by atoms with Gasteiger partial charge in [-0.05, 0) is 36.2 Å². The molecule has 0 aliphatic heterocycles. The van der Waals surface area contributed by atoms with Crippen molar-refractivity contribution in [3.05, 3.63) is 39.6 Å². The molecule has 2 rings (SSSR count). The van der Waals surface area contributed by atoms with Crippen LogP contribution < -0.4 is 9.47 Å². The van der Waals surface area contributed by atoms with Crippen LogP contribution in [0.5, 0.6) is 12.0 Å². The van der Waals surface area contributed by atoms with Crippen LogP contribution in [-0.4, -0.2) is 21.6 Å². The fourth-order valence-electron chi connectivity index (χ4n) is 1.35. The molecule has 0 N–H and O–H groups in total. The van der Waals surface area contributed by atoms with Gasteiger partial charge in [0.1, 0.15) is 6.61 Å². The number of halogens is 2. The number of aromatic nitrogens is 3. The number of ether oxygens (including phenoxy) is 2. The smallest absolute Gasteiger partial charge is 0.324 e. The zero-order valence-electron chi connectivity index (χ0n) is 10.1. The quantitative estimate of drug-likeness (QED) is 0.833. The number of hydrogen-bond donors (Lipinski definition) is 0. The number of hydrogen-bond acceptors (Lipinski definition) is 5. The van der Waals surface area contributed by atoms with Gasteiger partial charge in [-0.2, -0.15) is 9.97 Å². The molecule has 100 valence electrons. The van der Waals surface area contributed by atoms with Gasteiger partial charge < -0.3 is 9.47 Å². The Balaban J connectivity index is 2.06. The van der Waals surface area contributed by atoms with Gasteiger partial charge in [-0.25, -0.2) is 0 Å². The van der Waals surface area contributed by atoms with E-state index in [1.54, 1.807) is 0 Å². The highest BCUT2D eigenvalue weighted by Gasteiger charge is 2.07. The summed E-state index contributed by atoms with van der Waals surface area (Å²) in [5.74, 6) is 0. The van der Waals surface area contributed by atoms with E-state index >= 15 is 0 Å². The van der Waals surface area contributed by atoms with E-state index in [0.29, 0.717) is 13.2 Å². The van der Waals surface area contributed by atoms with Crippen LogP contribution >= 0.6 is 27.5 Å². The standard InChI is InChI=1S/C12H11BrClN3O2/c1-2-18-11-15-10(14)16-12(17-11)19-7-8-4-3-5-9(13)6-8/h3-6H,2,7H2,1H3. The Morgan fingerprint density at radius 3 is 2.58 bits per heavy atom. The van der Waals surface area contributed by atoms with Crippen molar-refractivity contribution in [2.24, 2.45) is 0 Å². The SMILES string of the molecule is CCOc1nc(Cl)nc(OCc2cccc(Br)c2)n1. The number of benzene rings is 1. The normalized spacial score (nSPS) is 10.3. The van der Waals surface area contributed by atoms with E-state index in [1.807, 2.05) is 31.2 Å². The van der Waals surface area contributed by atoms with Gasteiger partial charge in [-0.1, -0.05) is 28.1 Å². The first-order chi connectivity index (χ1) is 9.17. The van der Waals surface area contributed by atoms with Crippen molar-refractivity contribution in [3.63, 3.8) is 0 Å². The van der Waals surface area contributed by atoms with Gasteiger partial charge in [0.15, 0.2) is 0 Å². The molecule has 0 spiro atoms. The van der Waals surface area contributed by atoms with E-state index in [-0.39, 0.29) is 17.3 Å². The lowest BCUT2D eigenvalue weighted by molar-refractivity contribution is 0.261. The van der Waals surface area contributed by atoms with Gasteiger partial charge in [0, 0.05) is 4.47 Å². The Hall–Kier alpha value is -1.40. The summed E-state index contributed by atoms with van der Waals surface area (Å²) in [6.45, 7) is 2.62. The van der Waals surface area contributed by atoms with Crippen molar-refractivity contribution in [2.75, 3.05) is 6.61 Å². The monoisotopic (exact) mass is 343 g/mol. The van der Waals surface area contributed by atoms with Crippen LogP contribution in [0, 0.1) is 0 Å². The summed E-state index contributed by atoms with van der Waals surface area (Å²) in [4.78, 5) is 11.7. The molecule has 0 unspecified atom stereocenters. The number of nitrogens with zero attached hydrogens (tertiary/aromatic N) is 3. The zero-order chi connectivity index (χ0) is 13.7. The van der Waals surface area contributed by atoms with Crippen LogP contribution in [0.4, 0.5) is 0 Å². The third-order valence-corrected chi connectivity index (χ3v) is 2.76. The summed E-state index contributed by atoms with van der Waals surface area (Å²) in [7, 11) is 0. The van der Waals surface area contributed by atoms with Crippen molar-refractivity contribution >= 4 is 27.5 Å². The third-order valence-electron chi connectivity index (χ3n) is 2.10. The molecule has 1 aromatic heterocycles. The lowest BCUT2D eigenvalue weighted by atomic mass is 10.2. The molecule has 19 heavy (non-hydrogen) atoms. The highest BCUT2D eigenvalue weighted by molar-refractivity contribution is 9.10. The summed E-state index contributed by atoms with van der Waals surface area (Å²) >= 11 is 9.16. The topological polar surface area (TPSA) is 57.1 Å². The van der Waals surface area contributed by atoms with E-state index in [1.165, 1.54) is 0 Å². The molecule has 1 aromatic carbocycles. The van der Waals surface area contributed by atoms with Crippen LogP contribution in [0.15, 0.2) is 28.7 Å². The first kappa shape index (κ1) is 14.0. The van der Waals surface area contributed by atoms with E-state index in [4.69, 9.17) is 21.1 Å². The van der Waals surface area contributed by atoms with E-state index < -0.39 is 0 Å². The van der Waals surface area contributed by atoms with Crippen molar-refractivity contribution in [3.8, 4) is 12.0 Å². The molecule has 0 aliphatic carbocycles. The predicted molar refractivity (Wildman–Crippen MR) is 74.5 cm³/mol. The molecule has 7 heteroatoms.